The Morgan fingerprint density at radius 2 is 2.00 bits per heavy atom. The van der Waals surface area contributed by atoms with Gasteiger partial charge in [0.25, 0.3) is 10.9 Å². The number of nitrogens with one attached hydrogen (secondary N) is 1. The molecule has 8 nitrogen and oxygen atoms in total. The fourth-order valence-corrected chi connectivity index (χ4v) is 2.84. The van der Waals surface area contributed by atoms with E-state index in [1.165, 1.54) is 12.1 Å². The summed E-state index contributed by atoms with van der Waals surface area (Å²) < 4.78 is 5.48. The fourth-order valence-electron chi connectivity index (χ4n) is 2.28. The summed E-state index contributed by atoms with van der Waals surface area (Å²) in [5.74, 6) is 0.0675. The van der Waals surface area contributed by atoms with Crippen LogP contribution in [-0.4, -0.2) is 26.8 Å². The smallest absolute Gasteiger partial charge is 0.277 e. The summed E-state index contributed by atoms with van der Waals surface area (Å²) in [4.78, 5) is 22.4. The van der Waals surface area contributed by atoms with E-state index in [2.05, 4.69) is 15.5 Å². The quantitative estimate of drug-likeness (QED) is 0.388. The molecule has 1 N–H and O–H groups in total. The second-order valence-electron chi connectivity index (χ2n) is 5.82. The zero-order valence-corrected chi connectivity index (χ0v) is 15.4. The van der Waals surface area contributed by atoms with Crippen molar-refractivity contribution in [3.05, 3.63) is 63.7 Å². The standard InChI is InChI=1S/C18H16N4O4S/c1-11-6-7-14(8-12(11)2)19-16(23)10-27-18-21-20-17(26-18)13-4-3-5-15(9-13)22(24)25/h3-9H,10H2,1-2H3,(H,19,23). The minimum absolute atomic E-state index is 0.0623. The van der Waals surface area contributed by atoms with E-state index >= 15 is 0 Å². The van der Waals surface area contributed by atoms with E-state index in [1.807, 2.05) is 32.0 Å². The van der Waals surface area contributed by atoms with Gasteiger partial charge in [-0.3, -0.25) is 14.9 Å². The summed E-state index contributed by atoms with van der Waals surface area (Å²) in [6.45, 7) is 3.99. The van der Waals surface area contributed by atoms with Crippen molar-refractivity contribution in [2.75, 3.05) is 11.1 Å². The highest BCUT2D eigenvalue weighted by Gasteiger charge is 2.14. The molecule has 0 aliphatic carbocycles. The number of amides is 1. The number of aromatic nitrogens is 2. The molecule has 9 heteroatoms. The monoisotopic (exact) mass is 384 g/mol. The van der Waals surface area contributed by atoms with Crippen LogP contribution in [-0.2, 0) is 4.79 Å². The Labute approximate surface area is 159 Å². The molecule has 0 bridgehead atoms. The Hall–Kier alpha value is -3.20. The lowest BCUT2D eigenvalue weighted by molar-refractivity contribution is -0.384. The van der Waals surface area contributed by atoms with Crippen molar-refractivity contribution in [3.8, 4) is 11.5 Å². The second kappa shape index (κ2) is 8.00. The lowest BCUT2D eigenvalue weighted by Gasteiger charge is -2.06. The first-order valence-electron chi connectivity index (χ1n) is 8.00. The van der Waals surface area contributed by atoms with Gasteiger partial charge in [0, 0.05) is 23.4 Å². The zero-order chi connectivity index (χ0) is 19.4. The normalized spacial score (nSPS) is 10.6. The van der Waals surface area contributed by atoms with Crippen molar-refractivity contribution in [1.29, 1.82) is 0 Å². The molecule has 138 valence electrons. The van der Waals surface area contributed by atoms with Crippen molar-refractivity contribution in [3.63, 3.8) is 0 Å². The van der Waals surface area contributed by atoms with E-state index in [0.29, 0.717) is 5.56 Å². The Balaban J connectivity index is 1.60. The van der Waals surface area contributed by atoms with Gasteiger partial charge in [-0.1, -0.05) is 23.9 Å². The number of benzene rings is 2. The molecule has 0 unspecified atom stereocenters. The molecule has 3 rings (SSSR count). The van der Waals surface area contributed by atoms with Crippen molar-refractivity contribution in [2.45, 2.75) is 19.1 Å². The Bertz CT molecular complexity index is 1000. The SMILES string of the molecule is Cc1ccc(NC(=O)CSc2nnc(-c3cccc([N+](=O)[O-])c3)o2)cc1C. The molecule has 1 heterocycles. The Kier molecular flexibility index (Phi) is 5.51. The number of anilines is 1. The minimum atomic E-state index is -0.493. The number of aryl methyl sites for hydroxylation is 2. The first kappa shape index (κ1) is 18.6. The molecule has 1 aromatic heterocycles. The van der Waals surface area contributed by atoms with Gasteiger partial charge in [0.1, 0.15) is 0 Å². The molecule has 3 aromatic rings. The summed E-state index contributed by atoms with van der Waals surface area (Å²) in [5.41, 5.74) is 3.36. The van der Waals surface area contributed by atoms with Crippen LogP contribution < -0.4 is 5.32 Å². The molecule has 0 aliphatic heterocycles. The number of nitro groups is 1. The van der Waals surface area contributed by atoms with Gasteiger partial charge < -0.3 is 9.73 Å². The van der Waals surface area contributed by atoms with Crippen LogP contribution in [0.3, 0.4) is 0 Å². The highest BCUT2D eigenvalue weighted by molar-refractivity contribution is 7.99. The van der Waals surface area contributed by atoms with Gasteiger partial charge in [-0.15, -0.1) is 10.2 Å². The van der Waals surface area contributed by atoms with Crippen LogP contribution >= 0.6 is 11.8 Å². The fraction of sp³-hybridized carbons (Fsp3) is 0.167. The van der Waals surface area contributed by atoms with Crippen molar-refractivity contribution >= 4 is 29.0 Å². The molecule has 2 aromatic carbocycles. The van der Waals surface area contributed by atoms with Gasteiger partial charge in [0.15, 0.2) is 0 Å². The van der Waals surface area contributed by atoms with E-state index in [0.717, 1.165) is 28.6 Å². The van der Waals surface area contributed by atoms with E-state index < -0.39 is 4.92 Å². The molecule has 0 spiro atoms. The number of nitrogens with zero attached hydrogens (tertiary/aromatic N) is 3. The third kappa shape index (κ3) is 4.70. The second-order valence-corrected chi connectivity index (χ2v) is 6.74. The number of hydrogen-bond donors (Lipinski definition) is 1. The lowest BCUT2D eigenvalue weighted by atomic mass is 10.1. The minimum Gasteiger partial charge on any atom is -0.411 e. The van der Waals surface area contributed by atoms with E-state index in [-0.39, 0.29) is 28.5 Å². The third-order valence-electron chi connectivity index (χ3n) is 3.83. The van der Waals surface area contributed by atoms with Crippen LogP contribution in [0.1, 0.15) is 11.1 Å². The van der Waals surface area contributed by atoms with Crippen LogP contribution in [0, 0.1) is 24.0 Å². The maximum atomic E-state index is 12.1. The summed E-state index contributed by atoms with van der Waals surface area (Å²) in [6.07, 6.45) is 0. The van der Waals surface area contributed by atoms with Crippen LogP contribution in [0.5, 0.6) is 0 Å². The number of nitro benzene ring substituents is 1. The van der Waals surface area contributed by atoms with Gasteiger partial charge in [-0.05, 0) is 43.2 Å². The van der Waals surface area contributed by atoms with Gasteiger partial charge in [-0.2, -0.15) is 0 Å². The number of carbonyl (C=O) groups excluding carboxylic acids is 1. The van der Waals surface area contributed by atoms with E-state index in [4.69, 9.17) is 4.42 Å². The third-order valence-corrected chi connectivity index (χ3v) is 4.65. The molecular formula is C18H16N4O4S. The van der Waals surface area contributed by atoms with Crippen LogP contribution in [0.4, 0.5) is 11.4 Å². The van der Waals surface area contributed by atoms with E-state index in [9.17, 15) is 14.9 Å². The lowest BCUT2D eigenvalue weighted by Crippen LogP contribution is -2.14. The maximum Gasteiger partial charge on any atom is 0.277 e. The van der Waals surface area contributed by atoms with E-state index in [1.54, 1.807) is 12.1 Å². The molecule has 0 saturated carbocycles. The van der Waals surface area contributed by atoms with Crippen molar-refractivity contribution in [2.24, 2.45) is 0 Å². The predicted octanol–water partition coefficient (Wildman–Crippen LogP) is 3.99. The topological polar surface area (TPSA) is 111 Å². The van der Waals surface area contributed by atoms with Crippen molar-refractivity contribution < 1.29 is 14.1 Å². The maximum absolute atomic E-state index is 12.1. The van der Waals surface area contributed by atoms with Crippen LogP contribution in [0.25, 0.3) is 11.5 Å². The highest BCUT2D eigenvalue weighted by atomic mass is 32.2. The zero-order valence-electron chi connectivity index (χ0n) is 14.6. The highest BCUT2D eigenvalue weighted by Crippen LogP contribution is 2.26. The van der Waals surface area contributed by atoms with Crippen molar-refractivity contribution in [1.82, 2.24) is 10.2 Å². The summed E-state index contributed by atoms with van der Waals surface area (Å²) in [7, 11) is 0. The average molecular weight is 384 g/mol. The van der Waals surface area contributed by atoms with Gasteiger partial charge in [0.2, 0.25) is 11.8 Å². The van der Waals surface area contributed by atoms with Gasteiger partial charge in [-0.25, -0.2) is 0 Å². The largest absolute Gasteiger partial charge is 0.411 e. The molecule has 0 atom stereocenters. The van der Waals surface area contributed by atoms with Gasteiger partial charge >= 0.3 is 0 Å². The molecule has 0 fully saturated rings. The van der Waals surface area contributed by atoms with Crippen LogP contribution in [0.2, 0.25) is 0 Å². The Morgan fingerprint density at radius 1 is 1.19 bits per heavy atom. The summed E-state index contributed by atoms with van der Waals surface area (Å²) in [5, 5.41) is 21.6. The molecule has 27 heavy (non-hydrogen) atoms. The average Bonchev–Trinajstić information content (AvgIpc) is 3.12. The predicted molar refractivity (Wildman–Crippen MR) is 102 cm³/mol. The molecule has 0 radical (unpaired) electrons. The number of hydrogen-bond acceptors (Lipinski definition) is 7. The first-order chi connectivity index (χ1) is 12.9. The molecular weight excluding hydrogens is 368 g/mol. The molecule has 0 aliphatic rings. The number of carbonyl (C=O) groups is 1. The van der Waals surface area contributed by atoms with Crippen LogP contribution in [0.15, 0.2) is 52.1 Å². The number of rotatable bonds is 6. The summed E-state index contributed by atoms with van der Waals surface area (Å²) >= 11 is 1.09. The number of thioether (sulfide) groups is 1. The first-order valence-corrected chi connectivity index (χ1v) is 8.99. The Morgan fingerprint density at radius 3 is 2.74 bits per heavy atom. The number of non-ortho nitro benzene ring substituents is 1. The van der Waals surface area contributed by atoms with Gasteiger partial charge in [0.05, 0.1) is 10.7 Å². The summed E-state index contributed by atoms with van der Waals surface area (Å²) in [6, 6.07) is 11.6. The molecule has 0 saturated heterocycles. The molecule has 1 amide bonds.